The van der Waals surface area contributed by atoms with Crippen molar-refractivity contribution in [3.63, 3.8) is 0 Å². The number of amides is 1. The number of likely N-dealkylation sites (tertiary alicyclic amines) is 1. The summed E-state index contributed by atoms with van der Waals surface area (Å²) in [5, 5.41) is 3.00. The smallest absolute Gasteiger partial charge is 0.410 e. The Kier molecular flexibility index (Phi) is 6.15. The van der Waals surface area contributed by atoms with Crippen LogP contribution in [0.1, 0.15) is 45.2 Å². The Morgan fingerprint density at radius 3 is 2.84 bits per heavy atom. The number of benzene rings is 1. The van der Waals surface area contributed by atoms with Crippen LogP contribution in [-0.4, -0.2) is 44.6 Å². The fourth-order valence-corrected chi connectivity index (χ4v) is 3.89. The Morgan fingerprint density at radius 2 is 2.06 bits per heavy atom. The number of piperidine rings is 1. The van der Waals surface area contributed by atoms with E-state index in [2.05, 4.69) is 15.3 Å². The molecule has 32 heavy (non-hydrogen) atoms. The lowest BCUT2D eigenvalue weighted by Crippen LogP contribution is -2.42. The van der Waals surface area contributed by atoms with Crippen molar-refractivity contribution in [1.29, 1.82) is 0 Å². The summed E-state index contributed by atoms with van der Waals surface area (Å²) in [5.41, 5.74) is 1.65. The summed E-state index contributed by atoms with van der Waals surface area (Å²) in [6.07, 6.45) is 2.84. The molecular weight excluding hydrogens is 433 g/mol. The number of ether oxygens (including phenoxy) is 1. The van der Waals surface area contributed by atoms with Crippen molar-refractivity contribution in [2.75, 3.05) is 18.4 Å². The van der Waals surface area contributed by atoms with Crippen molar-refractivity contribution < 1.29 is 13.9 Å². The lowest BCUT2D eigenvalue weighted by molar-refractivity contribution is 0.0197. The van der Waals surface area contributed by atoms with Crippen LogP contribution in [-0.2, 0) is 4.74 Å². The van der Waals surface area contributed by atoms with E-state index in [0.29, 0.717) is 29.9 Å². The minimum Gasteiger partial charge on any atom is -0.444 e. The summed E-state index contributed by atoms with van der Waals surface area (Å²) in [4.78, 5) is 27.6. The summed E-state index contributed by atoms with van der Waals surface area (Å²) in [7, 11) is 0. The first-order chi connectivity index (χ1) is 15.2. The quantitative estimate of drug-likeness (QED) is 0.545. The van der Waals surface area contributed by atoms with Crippen LogP contribution in [0.3, 0.4) is 0 Å². The number of pyridine rings is 1. The number of carbonyl (C=O) groups excluding carboxylic acids is 1. The van der Waals surface area contributed by atoms with E-state index in [0.717, 1.165) is 18.5 Å². The Balaban J connectivity index is 1.61. The molecule has 1 aromatic carbocycles. The molecule has 0 saturated carbocycles. The molecule has 1 saturated heterocycles. The number of fused-ring (bicyclic) bond motifs is 1. The van der Waals surface area contributed by atoms with Gasteiger partial charge in [-0.2, -0.15) is 0 Å². The van der Waals surface area contributed by atoms with Crippen LogP contribution in [0.4, 0.5) is 20.7 Å². The number of nitrogens with one attached hydrogen (secondary N) is 1. The molecule has 7 nitrogen and oxygen atoms in total. The third-order valence-corrected chi connectivity index (χ3v) is 5.49. The predicted molar refractivity (Wildman–Crippen MR) is 122 cm³/mol. The minimum absolute atomic E-state index is 0.0199. The molecule has 1 atom stereocenters. The highest BCUT2D eigenvalue weighted by Gasteiger charge is 2.29. The van der Waals surface area contributed by atoms with Gasteiger partial charge in [-0.05, 0) is 57.9 Å². The van der Waals surface area contributed by atoms with Crippen LogP contribution in [0, 0.1) is 5.82 Å². The molecule has 3 heterocycles. The van der Waals surface area contributed by atoms with E-state index in [1.165, 1.54) is 12.4 Å². The highest BCUT2D eigenvalue weighted by atomic mass is 35.5. The summed E-state index contributed by atoms with van der Waals surface area (Å²) in [6, 6.07) is 8.51. The highest BCUT2D eigenvalue weighted by Crippen LogP contribution is 2.31. The molecule has 2 aromatic heterocycles. The molecule has 0 unspecified atom stereocenters. The molecule has 1 aliphatic rings. The molecule has 0 aliphatic carbocycles. The average molecular weight is 458 g/mol. The van der Waals surface area contributed by atoms with E-state index in [1.807, 2.05) is 32.9 Å². The van der Waals surface area contributed by atoms with E-state index < -0.39 is 11.4 Å². The van der Waals surface area contributed by atoms with Gasteiger partial charge in [0.25, 0.3) is 0 Å². The normalized spacial score (nSPS) is 16.8. The topological polar surface area (TPSA) is 80.2 Å². The van der Waals surface area contributed by atoms with E-state index in [4.69, 9.17) is 21.3 Å². The first-order valence-corrected chi connectivity index (χ1v) is 10.9. The lowest BCUT2D eigenvalue weighted by Gasteiger charge is -2.34. The number of hydrogen-bond donors (Lipinski definition) is 1. The fraction of sp³-hybridized carbons (Fsp3) is 0.391. The zero-order chi connectivity index (χ0) is 22.9. The van der Waals surface area contributed by atoms with Gasteiger partial charge >= 0.3 is 6.09 Å². The van der Waals surface area contributed by atoms with Gasteiger partial charge in [0.05, 0.1) is 16.2 Å². The zero-order valence-corrected chi connectivity index (χ0v) is 19.0. The monoisotopic (exact) mass is 457 g/mol. The first kappa shape index (κ1) is 22.2. The number of anilines is 2. The summed E-state index contributed by atoms with van der Waals surface area (Å²) in [5.74, 6) is -0.119. The SMILES string of the molecule is CC(C)(C)OC(=O)N1CCC[C@@H](c2ccc3ncnc(Nc4cccc(Cl)c4F)c3n2)C1. The molecule has 4 rings (SSSR count). The standard InChI is InChI=1S/C23H25ClFN5O2/c1-23(2,3)32-22(31)30-11-5-6-14(12-30)16-9-10-18-20(28-16)21(27-13-26-18)29-17-8-4-7-15(24)19(17)25/h4,7-10,13-14H,5-6,11-12H2,1-3H3,(H,26,27,29)/t14-/m1/s1. The first-order valence-electron chi connectivity index (χ1n) is 10.5. The average Bonchev–Trinajstić information content (AvgIpc) is 2.76. The number of carbonyl (C=O) groups is 1. The summed E-state index contributed by atoms with van der Waals surface area (Å²) >= 11 is 5.90. The van der Waals surface area contributed by atoms with Crippen molar-refractivity contribution in [1.82, 2.24) is 19.9 Å². The molecule has 0 bridgehead atoms. The van der Waals surface area contributed by atoms with E-state index in [-0.39, 0.29) is 22.7 Å². The maximum atomic E-state index is 14.4. The van der Waals surface area contributed by atoms with Gasteiger partial charge in [-0.1, -0.05) is 17.7 Å². The predicted octanol–water partition coefficient (Wildman–Crippen LogP) is 5.68. The van der Waals surface area contributed by atoms with Gasteiger partial charge < -0.3 is 15.0 Å². The summed E-state index contributed by atoms with van der Waals surface area (Å²) < 4.78 is 19.9. The van der Waals surface area contributed by atoms with Gasteiger partial charge in [0, 0.05) is 24.7 Å². The second kappa shape index (κ2) is 8.86. The second-order valence-corrected chi connectivity index (χ2v) is 9.23. The molecule has 1 amide bonds. The number of rotatable bonds is 3. The number of aromatic nitrogens is 3. The molecule has 0 spiro atoms. The number of hydrogen-bond acceptors (Lipinski definition) is 6. The maximum absolute atomic E-state index is 14.4. The van der Waals surface area contributed by atoms with Crippen LogP contribution < -0.4 is 5.32 Å². The van der Waals surface area contributed by atoms with E-state index >= 15 is 0 Å². The Hall–Kier alpha value is -3.00. The van der Waals surface area contributed by atoms with Crippen molar-refractivity contribution in [3.8, 4) is 0 Å². The molecule has 1 aliphatic heterocycles. The maximum Gasteiger partial charge on any atom is 0.410 e. The Morgan fingerprint density at radius 1 is 1.25 bits per heavy atom. The van der Waals surface area contributed by atoms with Crippen LogP contribution in [0.5, 0.6) is 0 Å². The molecule has 0 radical (unpaired) electrons. The van der Waals surface area contributed by atoms with Gasteiger partial charge in [-0.15, -0.1) is 0 Å². The molecule has 1 N–H and O–H groups in total. The molecule has 9 heteroatoms. The number of nitrogens with zero attached hydrogens (tertiary/aromatic N) is 4. The van der Waals surface area contributed by atoms with E-state index in [1.54, 1.807) is 17.0 Å². The summed E-state index contributed by atoms with van der Waals surface area (Å²) in [6.45, 7) is 6.74. The molecule has 3 aromatic rings. The fourth-order valence-electron chi connectivity index (χ4n) is 3.71. The largest absolute Gasteiger partial charge is 0.444 e. The van der Waals surface area contributed by atoms with Crippen LogP contribution in [0.15, 0.2) is 36.7 Å². The third-order valence-electron chi connectivity index (χ3n) is 5.20. The van der Waals surface area contributed by atoms with Gasteiger partial charge in [-0.3, -0.25) is 0 Å². The van der Waals surface area contributed by atoms with Gasteiger partial charge in [0.2, 0.25) is 0 Å². The molecule has 1 fully saturated rings. The number of halogens is 2. The Labute approximate surface area is 191 Å². The third kappa shape index (κ3) is 4.91. The molecular formula is C23H25ClFN5O2. The minimum atomic E-state index is -0.558. The van der Waals surface area contributed by atoms with Crippen molar-refractivity contribution in [3.05, 3.63) is 53.2 Å². The van der Waals surface area contributed by atoms with Crippen LogP contribution >= 0.6 is 11.6 Å². The zero-order valence-electron chi connectivity index (χ0n) is 18.2. The van der Waals surface area contributed by atoms with Gasteiger partial charge in [0.15, 0.2) is 11.6 Å². The molecule has 168 valence electrons. The van der Waals surface area contributed by atoms with Gasteiger partial charge in [-0.25, -0.2) is 24.1 Å². The second-order valence-electron chi connectivity index (χ2n) is 8.82. The lowest BCUT2D eigenvalue weighted by atomic mass is 9.94. The van der Waals surface area contributed by atoms with Crippen molar-refractivity contribution in [2.24, 2.45) is 0 Å². The van der Waals surface area contributed by atoms with Crippen molar-refractivity contribution >= 4 is 40.2 Å². The van der Waals surface area contributed by atoms with Gasteiger partial charge in [0.1, 0.15) is 17.4 Å². The van der Waals surface area contributed by atoms with Crippen LogP contribution in [0.25, 0.3) is 11.0 Å². The highest BCUT2D eigenvalue weighted by molar-refractivity contribution is 6.31. The Bertz CT molecular complexity index is 1150. The van der Waals surface area contributed by atoms with Crippen molar-refractivity contribution in [2.45, 2.75) is 45.1 Å². The van der Waals surface area contributed by atoms with E-state index in [9.17, 15) is 9.18 Å². The van der Waals surface area contributed by atoms with Crippen LogP contribution in [0.2, 0.25) is 5.02 Å².